The van der Waals surface area contributed by atoms with Crippen molar-refractivity contribution in [1.82, 2.24) is 4.90 Å². The van der Waals surface area contributed by atoms with Gasteiger partial charge in [0.15, 0.2) is 0 Å². The van der Waals surface area contributed by atoms with Crippen molar-refractivity contribution < 1.29 is 14.3 Å². The quantitative estimate of drug-likeness (QED) is 0.878. The lowest BCUT2D eigenvalue weighted by Gasteiger charge is -2.19. The highest BCUT2D eigenvalue weighted by Gasteiger charge is 2.37. The highest BCUT2D eigenvalue weighted by molar-refractivity contribution is 5.93. The second-order valence-electron chi connectivity index (χ2n) is 6.13. The summed E-state index contributed by atoms with van der Waals surface area (Å²) in [5.74, 6) is -0.180. The van der Waals surface area contributed by atoms with Gasteiger partial charge in [-0.2, -0.15) is 0 Å². The van der Waals surface area contributed by atoms with Gasteiger partial charge in [0.25, 0.3) is 0 Å². The molecule has 3 rings (SSSR count). The molecule has 5 heteroatoms. The topological polar surface area (TPSA) is 58.6 Å². The van der Waals surface area contributed by atoms with Crippen molar-refractivity contribution in [2.75, 3.05) is 19.0 Å². The molecular weight excluding hydrogens is 316 g/mol. The number of amides is 2. The number of carbonyl (C=O) groups excluding carboxylic acids is 2. The standard InChI is InChI=1S/C20H22N2O3/c1-21-17-10-7-15(8-11-17)9-12-19(23)22-18(14-25-20(22)24)13-16-5-3-2-4-6-16/h2-8,10-11,18,21H,9,12-14H2,1H3/t18-/m1/s1. The van der Waals surface area contributed by atoms with E-state index >= 15 is 0 Å². The molecule has 1 heterocycles. The van der Waals surface area contributed by atoms with Crippen LogP contribution in [0.2, 0.25) is 0 Å². The number of anilines is 1. The van der Waals surface area contributed by atoms with E-state index in [1.165, 1.54) is 4.90 Å². The lowest BCUT2D eigenvalue weighted by atomic mass is 10.0. The van der Waals surface area contributed by atoms with Crippen LogP contribution in [-0.2, 0) is 22.4 Å². The van der Waals surface area contributed by atoms with E-state index in [0.717, 1.165) is 16.8 Å². The number of nitrogens with one attached hydrogen (secondary N) is 1. The first kappa shape index (κ1) is 17.0. The first-order chi connectivity index (χ1) is 12.2. The molecule has 1 aliphatic rings. The zero-order chi connectivity index (χ0) is 17.6. The molecule has 1 aliphatic heterocycles. The average Bonchev–Trinajstić information content (AvgIpc) is 3.01. The van der Waals surface area contributed by atoms with E-state index < -0.39 is 6.09 Å². The Morgan fingerprint density at radius 2 is 1.84 bits per heavy atom. The number of hydrogen-bond acceptors (Lipinski definition) is 4. The minimum atomic E-state index is -0.531. The highest BCUT2D eigenvalue weighted by atomic mass is 16.6. The van der Waals surface area contributed by atoms with Crippen molar-refractivity contribution in [3.05, 3.63) is 65.7 Å². The maximum absolute atomic E-state index is 12.6. The van der Waals surface area contributed by atoms with Gasteiger partial charge >= 0.3 is 6.09 Å². The maximum atomic E-state index is 12.6. The molecule has 0 spiro atoms. The molecular formula is C20H22N2O3. The van der Waals surface area contributed by atoms with Crippen LogP contribution >= 0.6 is 0 Å². The van der Waals surface area contributed by atoms with Gasteiger partial charge in [-0.25, -0.2) is 9.69 Å². The summed E-state index contributed by atoms with van der Waals surface area (Å²) in [6, 6.07) is 17.5. The van der Waals surface area contributed by atoms with Gasteiger partial charge in [-0.3, -0.25) is 4.79 Å². The van der Waals surface area contributed by atoms with Crippen LogP contribution in [0.5, 0.6) is 0 Å². The van der Waals surface area contributed by atoms with Crippen molar-refractivity contribution in [3.63, 3.8) is 0 Å². The molecule has 1 fully saturated rings. The Morgan fingerprint density at radius 3 is 2.52 bits per heavy atom. The van der Waals surface area contributed by atoms with E-state index in [9.17, 15) is 9.59 Å². The SMILES string of the molecule is CNc1ccc(CCC(=O)N2C(=O)OC[C@H]2Cc2ccccc2)cc1. The molecule has 1 atom stereocenters. The maximum Gasteiger partial charge on any atom is 0.416 e. The number of imide groups is 1. The van der Waals surface area contributed by atoms with Crippen LogP contribution in [-0.4, -0.2) is 36.6 Å². The number of carbonyl (C=O) groups is 2. The Kier molecular flexibility index (Phi) is 5.33. The molecule has 2 aromatic carbocycles. The Morgan fingerprint density at radius 1 is 1.12 bits per heavy atom. The summed E-state index contributed by atoms with van der Waals surface area (Å²) >= 11 is 0. The molecule has 2 aromatic rings. The summed E-state index contributed by atoms with van der Waals surface area (Å²) in [6.07, 6.45) is 0.982. The summed E-state index contributed by atoms with van der Waals surface area (Å²) in [5.41, 5.74) is 3.19. The van der Waals surface area contributed by atoms with Gasteiger partial charge in [0.2, 0.25) is 5.91 Å². The molecule has 130 valence electrons. The second-order valence-corrected chi connectivity index (χ2v) is 6.13. The molecule has 0 radical (unpaired) electrons. The minimum Gasteiger partial charge on any atom is -0.447 e. The summed E-state index contributed by atoms with van der Waals surface area (Å²) in [7, 11) is 1.87. The zero-order valence-electron chi connectivity index (χ0n) is 14.3. The highest BCUT2D eigenvalue weighted by Crippen LogP contribution is 2.19. The van der Waals surface area contributed by atoms with Crippen LogP contribution in [0.15, 0.2) is 54.6 Å². The number of cyclic esters (lactones) is 1. The van der Waals surface area contributed by atoms with E-state index in [1.807, 2.05) is 61.6 Å². The summed E-state index contributed by atoms with van der Waals surface area (Å²) in [6.45, 7) is 0.260. The van der Waals surface area contributed by atoms with Crippen LogP contribution in [0.3, 0.4) is 0 Å². The number of ether oxygens (including phenoxy) is 1. The molecule has 0 saturated carbocycles. The first-order valence-corrected chi connectivity index (χ1v) is 8.47. The van der Waals surface area contributed by atoms with Gasteiger partial charge in [0, 0.05) is 19.2 Å². The predicted octanol–water partition coefficient (Wildman–Crippen LogP) is 3.25. The third-order valence-corrected chi connectivity index (χ3v) is 4.41. The van der Waals surface area contributed by atoms with E-state index in [2.05, 4.69) is 5.32 Å². The number of nitrogens with zero attached hydrogens (tertiary/aromatic N) is 1. The van der Waals surface area contributed by atoms with Crippen molar-refractivity contribution >= 4 is 17.7 Å². The Balaban J connectivity index is 1.61. The Labute approximate surface area is 147 Å². The van der Waals surface area contributed by atoms with E-state index in [4.69, 9.17) is 4.74 Å². The minimum absolute atomic E-state index is 0.180. The molecule has 0 aliphatic carbocycles. The molecule has 0 aromatic heterocycles. The molecule has 1 saturated heterocycles. The fourth-order valence-corrected chi connectivity index (χ4v) is 3.01. The molecule has 2 amide bonds. The first-order valence-electron chi connectivity index (χ1n) is 8.47. The molecule has 0 bridgehead atoms. The predicted molar refractivity (Wildman–Crippen MR) is 96.4 cm³/mol. The number of benzene rings is 2. The molecule has 5 nitrogen and oxygen atoms in total. The number of hydrogen-bond donors (Lipinski definition) is 1. The third-order valence-electron chi connectivity index (χ3n) is 4.41. The Hall–Kier alpha value is -2.82. The fourth-order valence-electron chi connectivity index (χ4n) is 3.01. The Bertz CT molecular complexity index is 728. The molecule has 25 heavy (non-hydrogen) atoms. The summed E-state index contributed by atoms with van der Waals surface area (Å²) < 4.78 is 5.11. The third kappa shape index (κ3) is 4.18. The van der Waals surface area contributed by atoms with Gasteiger partial charge in [-0.15, -0.1) is 0 Å². The zero-order valence-corrected chi connectivity index (χ0v) is 14.3. The van der Waals surface area contributed by atoms with Crippen LogP contribution in [0, 0.1) is 0 Å². The van der Waals surface area contributed by atoms with E-state index in [0.29, 0.717) is 19.3 Å². The number of aryl methyl sites for hydroxylation is 1. The van der Waals surface area contributed by atoms with Crippen LogP contribution < -0.4 is 5.32 Å². The largest absolute Gasteiger partial charge is 0.447 e. The van der Waals surface area contributed by atoms with Gasteiger partial charge in [-0.1, -0.05) is 42.5 Å². The van der Waals surface area contributed by atoms with Crippen molar-refractivity contribution in [1.29, 1.82) is 0 Å². The summed E-state index contributed by atoms with van der Waals surface area (Å²) in [4.78, 5) is 25.8. The second kappa shape index (κ2) is 7.83. The average molecular weight is 338 g/mol. The van der Waals surface area contributed by atoms with Crippen LogP contribution in [0.4, 0.5) is 10.5 Å². The number of rotatable bonds is 6. The summed E-state index contributed by atoms with van der Waals surface area (Å²) in [5, 5.41) is 3.06. The van der Waals surface area contributed by atoms with E-state index in [1.54, 1.807) is 0 Å². The van der Waals surface area contributed by atoms with Crippen LogP contribution in [0.25, 0.3) is 0 Å². The lowest BCUT2D eigenvalue weighted by molar-refractivity contribution is -0.129. The molecule has 1 N–H and O–H groups in total. The van der Waals surface area contributed by atoms with Crippen LogP contribution in [0.1, 0.15) is 17.5 Å². The monoisotopic (exact) mass is 338 g/mol. The van der Waals surface area contributed by atoms with Gasteiger partial charge in [0.1, 0.15) is 6.61 Å². The lowest BCUT2D eigenvalue weighted by Crippen LogP contribution is -2.40. The van der Waals surface area contributed by atoms with Crippen molar-refractivity contribution in [3.8, 4) is 0 Å². The fraction of sp³-hybridized carbons (Fsp3) is 0.300. The smallest absolute Gasteiger partial charge is 0.416 e. The normalized spacial score (nSPS) is 16.6. The van der Waals surface area contributed by atoms with E-state index in [-0.39, 0.29) is 18.6 Å². The van der Waals surface area contributed by atoms with Crippen molar-refractivity contribution in [2.24, 2.45) is 0 Å². The van der Waals surface area contributed by atoms with Gasteiger partial charge in [0.05, 0.1) is 6.04 Å². The van der Waals surface area contributed by atoms with Gasteiger partial charge in [-0.05, 0) is 36.1 Å². The van der Waals surface area contributed by atoms with Gasteiger partial charge < -0.3 is 10.1 Å². The molecule has 0 unspecified atom stereocenters. The van der Waals surface area contributed by atoms with Crippen molar-refractivity contribution in [2.45, 2.75) is 25.3 Å².